The van der Waals surface area contributed by atoms with E-state index in [1.165, 1.54) is 6.92 Å². The van der Waals surface area contributed by atoms with Crippen LogP contribution in [-0.4, -0.2) is 48.1 Å². The fraction of sp³-hybridized carbons (Fsp3) is 0.818. The molecule has 0 spiro atoms. The van der Waals surface area contributed by atoms with Crippen molar-refractivity contribution in [3.05, 3.63) is 0 Å². The first-order chi connectivity index (χ1) is 7.29. The Labute approximate surface area is 96.1 Å². The van der Waals surface area contributed by atoms with Crippen LogP contribution in [0.25, 0.3) is 0 Å². The number of amides is 1. The summed E-state index contributed by atoms with van der Waals surface area (Å²) in [6.45, 7) is 8.61. The maximum Gasteiger partial charge on any atom is 0.410 e. The summed E-state index contributed by atoms with van der Waals surface area (Å²) in [6.07, 6.45) is -0.347. The number of hydrogen-bond acceptors (Lipinski definition) is 4. The number of ether oxygens (including phenoxy) is 1. The van der Waals surface area contributed by atoms with Gasteiger partial charge in [0.1, 0.15) is 11.4 Å². The lowest BCUT2D eigenvalue weighted by molar-refractivity contribution is -0.119. The van der Waals surface area contributed by atoms with E-state index in [0.29, 0.717) is 19.6 Å². The van der Waals surface area contributed by atoms with Gasteiger partial charge in [-0.2, -0.15) is 0 Å². The van der Waals surface area contributed by atoms with Crippen LogP contribution in [0, 0.1) is 0 Å². The summed E-state index contributed by atoms with van der Waals surface area (Å²) in [6, 6.07) is -0.263. The third-order valence-corrected chi connectivity index (χ3v) is 2.32. The summed E-state index contributed by atoms with van der Waals surface area (Å²) in [5.41, 5.74) is -0.492. The van der Waals surface area contributed by atoms with Gasteiger partial charge in [0, 0.05) is 19.6 Å². The molecule has 1 saturated heterocycles. The second kappa shape index (κ2) is 4.82. The van der Waals surface area contributed by atoms with E-state index >= 15 is 0 Å². The highest BCUT2D eigenvalue weighted by atomic mass is 16.6. The number of nitrogens with one attached hydrogen (secondary N) is 1. The SMILES string of the molecule is CC(=O)[C@@H]1CN(C(=O)OC(C)(C)C)CCN1. The summed E-state index contributed by atoms with van der Waals surface area (Å²) in [7, 11) is 0. The molecular weight excluding hydrogens is 208 g/mol. The molecule has 1 aliphatic rings. The molecular formula is C11H20N2O3. The standard InChI is InChI=1S/C11H20N2O3/c1-8(14)9-7-13(6-5-12-9)10(15)16-11(2,3)4/h9,12H,5-7H2,1-4H3/t9-/m0/s1. The van der Waals surface area contributed by atoms with Crippen molar-refractivity contribution < 1.29 is 14.3 Å². The Kier molecular flexibility index (Phi) is 3.91. The van der Waals surface area contributed by atoms with Crippen LogP contribution in [-0.2, 0) is 9.53 Å². The van der Waals surface area contributed by atoms with Gasteiger partial charge >= 0.3 is 6.09 Å². The topological polar surface area (TPSA) is 58.6 Å². The minimum absolute atomic E-state index is 0.0493. The van der Waals surface area contributed by atoms with E-state index in [9.17, 15) is 9.59 Å². The Hall–Kier alpha value is -1.10. The number of nitrogens with zero attached hydrogens (tertiary/aromatic N) is 1. The van der Waals surface area contributed by atoms with Gasteiger partial charge in [-0.25, -0.2) is 4.79 Å². The molecule has 0 bridgehead atoms. The van der Waals surface area contributed by atoms with Crippen LogP contribution in [0.2, 0.25) is 0 Å². The van der Waals surface area contributed by atoms with Gasteiger partial charge in [0.15, 0.2) is 0 Å². The highest BCUT2D eigenvalue weighted by Gasteiger charge is 2.28. The Balaban J connectivity index is 2.54. The molecule has 0 unspecified atom stereocenters. The summed E-state index contributed by atoms with van der Waals surface area (Å²) in [5.74, 6) is 0.0493. The lowest BCUT2D eigenvalue weighted by atomic mass is 10.1. The third-order valence-electron chi connectivity index (χ3n) is 2.32. The quantitative estimate of drug-likeness (QED) is 0.720. The molecule has 0 aliphatic carbocycles. The molecule has 1 amide bonds. The van der Waals surface area contributed by atoms with Crippen LogP contribution in [0.4, 0.5) is 4.79 Å². The van der Waals surface area contributed by atoms with Gasteiger partial charge < -0.3 is 15.0 Å². The number of piperazine rings is 1. The molecule has 1 rings (SSSR count). The van der Waals surface area contributed by atoms with Crippen LogP contribution < -0.4 is 5.32 Å². The molecule has 0 aromatic carbocycles. The minimum atomic E-state index is -0.492. The maximum atomic E-state index is 11.7. The average molecular weight is 228 g/mol. The summed E-state index contributed by atoms with van der Waals surface area (Å²) in [4.78, 5) is 24.5. The van der Waals surface area contributed by atoms with Gasteiger partial charge in [-0.1, -0.05) is 0 Å². The van der Waals surface area contributed by atoms with Crippen molar-refractivity contribution in [3.8, 4) is 0 Å². The van der Waals surface area contributed by atoms with Crippen LogP contribution in [0.3, 0.4) is 0 Å². The van der Waals surface area contributed by atoms with E-state index in [1.807, 2.05) is 20.8 Å². The molecule has 1 fully saturated rings. The minimum Gasteiger partial charge on any atom is -0.444 e. The first kappa shape index (κ1) is 13.0. The van der Waals surface area contributed by atoms with Crippen LogP contribution >= 0.6 is 0 Å². The van der Waals surface area contributed by atoms with E-state index in [0.717, 1.165) is 0 Å². The average Bonchev–Trinajstić information content (AvgIpc) is 2.15. The van der Waals surface area contributed by atoms with Crippen molar-refractivity contribution in [2.75, 3.05) is 19.6 Å². The third kappa shape index (κ3) is 3.81. The first-order valence-corrected chi connectivity index (χ1v) is 5.51. The normalized spacial score (nSPS) is 21.8. The van der Waals surface area contributed by atoms with Crippen LogP contribution in [0.15, 0.2) is 0 Å². The predicted octanol–water partition coefficient (Wildman–Crippen LogP) is 0.784. The Bertz CT molecular complexity index is 283. The van der Waals surface area contributed by atoms with Crippen molar-refractivity contribution in [3.63, 3.8) is 0 Å². The lowest BCUT2D eigenvalue weighted by Gasteiger charge is -2.33. The second-order valence-corrected chi connectivity index (χ2v) is 5.04. The van der Waals surface area contributed by atoms with Crippen LogP contribution in [0.1, 0.15) is 27.7 Å². The molecule has 0 radical (unpaired) electrons. The van der Waals surface area contributed by atoms with Gasteiger partial charge in [-0.3, -0.25) is 4.79 Å². The molecule has 0 aromatic rings. The Morgan fingerprint density at radius 2 is 2.00 bits per heavy atom. The number of hydrogen-bond donors (Lipinski definition) is 1. The van der Waals surface area contributed by atoms with Gasteiger partial charge in [0.2, 0.25) is 0 Å². The molecule has 1 aliphatic heterocycles. The largest absolute Gasteiger partial charge is 0.444 e. The molecule has 92 valence electrons. The van der Waals surface area contributed by atoms with E-state index in [4.69, 9.17) is 4.74 Å². The summed E-state index contributed by atoms with van der Waals surface area (Å²) < 4.78 is 5.25. The molecule has 5 heteroatoms. The molecule has 1 N–H and O–H groups in total. The first-order valence-electron chi connectivity index (χ1n) is 5.51. The highest BCUT2D eigenvalue weighted by molar-refractivity contribution is 5.82. The zero-order chi connectivity index (χ0) is 12.3. The zero-order valence-electron chi connectivity index (χ0n) is 10.4. The van der Waals surface area contributed by atoms with E-state index in [1.54, 1.807) is 4.90 Å². The molecule has 1 atom stereocenters. The lowest BCUT2D eigenvalue weighted by Crippen LogP contribution is -2.55. The van der Waals surface area contributed by atoms with Gasteiger partial charge in [0.05, 0.1) is 6.04 Å². The molecule has 16 heavy (non-hydrogen) atoms. The Morgan fingerprint density at radius 1 is 1.38 bits per heavy atom. The Morgan fingerprint density at radius 3 is 2.50 bits per heavy atom. The van der Waals surface area contributed by atoms with Crippen LogP contribution in [0.5, 0.6) is 0 Å². The molecule has 0 saturated carbocycles. The van der Waals surface area contributed by atoms with Crippen molar-refractivity contribution in [2.45, 2.75) is 39.3 Å². The molecule has 5 nitrogen and oxygen atoms in total. The summed E-state index contributed by atoms with van der Waals surface area (Å²) >= 11 is 0. The monoisotopic (exact) mass is 228 g/mol. The fourth-order valence-corrected chi connectivity index (χ4v) is 1.51. The number of carbonyl (C=O) groups is 2. The highest BCUT2D eigenvalue weighted by Crippen LogP contribution is 2.11. The van der Waals surface area contributed by atoms with Gasteiger partial charge in [-0.15, -0.1) is 0 Å². The van der Waals surface area contributed by atoms with Crippen molar-refractivity contribution in [1.29, 1.82) is 0 Å². The van der Waals surface area contributed by atoms with E-state index < -0.39 is 5.60 Å². The zero-order valence-corrected chi connectivity index (χ0v) is 10.4. The van der Waals surface area contributed by atoms with E-state index in [2.05, 4.69) is 5.32 Å². The van der Waals surface area contributed by atoms with Gasteiger partial charge in [-0.05, 0) is 27.7 Å². The van der Waals surface area contributed by atoms with Crippen molar-refractivity contribution in [1.82, 2.24) is 10.2 Å². The van der Waals surface area contributed by atoms with E-state index in [-0.39, 0.29) is 17.9 Å². The molecule has 0 aromatic heterocycles. The second-order valence-electron chi connectivity index (χ2n) is 5.04. The van der Waals surface area contributed by atoms with Crippen molar-refractivity contribution >= 4 is 11.9 Å². The smallest absolute Gasteiger partial charge is 0.410 e. The number of carbonyl (C=O) groups excluding carboxylic acids is 2. The fourth-order valence-electron chi connectivity index (χ4n) is 1.51. The predicted molar refractivity (Wildman–Crippen MR) is 60.3 cm³/mol. The number of Topliss-reactive ketones (excluding diaryl/α,β-unsaturated/α-hetero) is 1. The molecule has 1 heterocycles. The van der Waals surface area contributed by atoms with Gasteiger partial charge in [0.25, 0.3) is 0 Å². The number of ketones is 1. The maximum absolute atomic E-state index is 11.7. The number of rotatable bonds is 1. The van der Waals surface area contributed by atoms with Crippen molar-refractivity contribution in [2.24, 2.45) is 0 Å². The summed E-state index contributed by atoms with van der Waals surface area (Å²) in [5, 5.41) is 3.07.